The van der Waals surface area contributed by atoms with Crippen LogP contribution in [0.3, 0.4) is 0 Å². The number of hydrogen-bond acceptors (Lipinski definition) is 2. The van der Waals surface area contributed by atoms with Gasteiger partial charge in [0.15, 0.2) is 0 Å². The Morgan fingerprint density at radius 2 is 2.29 bits per heavy atom. The van der Waals surface area contributed by atoms with Gasteiger partial charge in [0.1, 0.15) is 0 Å². The lowest BCUT2D eigenvalue weighted by Crippen LogP contribution is -2.00. The number of hydrogen-bond donors (Lipinski definition) is 1. The van der Waals surface area contributed by atoms with Gasteiger partial charge in [-0.25, -0.2) is 0 Å². The lowest BCUT2D eigenvalue weighted by atomic mass is 10.1. The number of aromatic nitrogens is 2. The molecule has 0 aliphatic heterocycles. The summed E-state index contributed by atoms with van der Waals surface area (Å²) in [6.07, 6.45) is 4.15. The average Bonchev–Trinajstić information content (AvgIpc) is 2.54. The first-order valence-corrected chi connectivity index (χ1v) is 4.92. The highest BCUT2D eigenvalue weighted by Crippen LogP contribution is 2.14. The van der Waals surface area contributed by atoms with Crippen molar-refractivity contribution >= 4 is 10.9 Å². The number of rotatable bonds is 3. The maximum atomic E-state index is 5.48. The van der Waals surface area contributed by atoms with Crippen LogP contribution in [0.1, 0.15) is 12.0 Å². The Hall–Kier alpha value is -1.35. The lowest BCUT2D eigenvalue weighted by molar-refractivity contribution is 0.780. The smallest absolute Gasteiger partial charge is 0.0923 e. The minimum Gasteiger partial charge on any atom is -0.330 e. The summed E-state index contributed by atoms with van der Waals surface area (Å²) in [5.74, 6) is 0. The molecule has 0 atom stereocenters. The zero-order valence-corrected chi connectivity index (χ0v) is 8.40. The largest absolute Gasteiger partial charge is 0.330 e. The molecule has 0 spiro atoms. The molecular formula is C11H15N3. The van der Waals surface area contributed by atoms with Crippen molar-refractivity contribution in [3.05, 3.63) is 30.0 Å². The van der Waals surface area contributed by atoms with E-state index in [4.69, 9.17) is 5.73 Å². The van der Waals surface area contributed by atoms with Gasteiger partial charge in [0.25, 0.3) is 0 Å². The van der Waals surface area contributed by atoms with Gasteiger partial charge in [-0.3, -0.25) is 4.68 Å². The summed E-state index contributed by atoms with van der Waals surface area (Å²) >= 11 is 0. The molecule has 14 heavy (non-hydrogen) atoms. The van der Waals surface area contributed by atoms with Crippen molar-refractivity contribution in [3.8, 4) is 0 Å². The maximum absolute atomic E-state index is 5.48. The van der Waals surface area contributed by atoms with E-state index in [0.29, 0.717) is 0 Å². The Morgan fingerprint density at radius 3 is 3.07 bits per heavy atom. The van der Waals surface area contributed by atoms with E-state index in [0.717, 1.165) is 24.9 Å². The fourth-order valence-electron chi connectivity index (χ4n) is 1.66. The van der Waals surface area contributed by atoms with Crippen LogP contribution in [0.25, 0.3) is 10.9 Å². The molecule has 1 aromatic carbocycles. The van der Waals surface area contributed by atoms with Gasteiger partial charge in [-0.1, -0.05) is 6.07 Å². The van der Waals surface area contributed by atoms with Crippen LogP contribution >= 0.6 is 0 Å². The van der Waals surface area contributed by atoms with Crippen LogP contribution in [0, 0.1) is 0 Å². The van der Waals surface area contributed by atoms with Crippen LogP contribution in [0.15, 0.2) is 24.4 Å². The second-order valence-electron chi connectivity index (χ2n) is 3.59. The summed E-state index contributed by atoms with van der Waals surface area (Å²) in [6, 6.07) is 6.39. The van der Waals surface area contributed by atoms with Crippen molar-refractivity contribution in [2.75, 3.05) is 6.54 Å². The average molecular weight is 189 g/mol. The van der Waals surface area contributed by atoms with Gasteiger partial charge >= 0.3 is 0 Å². The Bertz CT molecular complexity index is 431. The highest BCUT2D eigenvalue weighted by atomic mass is 15.2. The predicted octanol–water partition coefficient (Wildman–Crippen LogP) is 1.46. The molecule has 0 unspecified atom stereocenters. The summed E-state index contributed by atoms with van der Waals surface area (Å²) in [4.78, 5) is 0. The first-order valence-electron chi connectivity index (χ1n) is 4.92. The van der Waals surface area contributed by atoms with E-state index in [1.165, 1.54) is 10.9 Å². The molecule has 0 saturated carbocycles. The Balaban J connectivity index is 2.31. The standard InChI is InChI=1S/C11H15N3/c1-14-8-10-7-9(3-2-6-12)4-5-11(10)13-14/h4-5,7-8H,2-3,6,12H2,1H3. The van der Waals surface area contributed by atoms with E-state index < -0.39 is 0 Å². The molecule has 2 aromatic rings. The number of fused-ring (bicyclic) bond motifs is 1. The molecular weight excluding hydrogens is 174 g/mol. The second kappa shape index (κ2) is 3.80. The van der Waals surface area contributed by atoms with Crippen LogP contribution in [0.4, 0.5) is 0 Å². The number of nitrogens with two attached hydrogens (primary N) is 1. The minimum atomic E-state index is 0.755. The van der Waals surface area contributed by atoms with Gasteiger partial charge in [-0.15, -0.1) is 0 Å². The van der Waals surface area contributed by atoms with E-state index in [1.807, 2.05) is 17.9 Å². The molecule has 0 bridgehead atoms. The SMILES string of the molecule is Cn1cc2cc(CCCN)ccc2n1. The summed E-state index contributed by atoms with van der Waals surface area (Å²) in [5.41, 5.74) is 7.88. The Kier molecular flexibility index (Phi) is 2.50. The quantitative estimate of drug-likeness (QED) is 0.794. The van der Waals surface area contributed by atoms with E-state index in [-0.39, 0.29) is 0 Å². The Morgan fingerprint density at radius 1 is 1.43 bits per heavy atom. The monoisotopic (exact) mass is 189 g/mol. The molecule has 0 radical (unpaired) electrons. The molecule has 0 saturated heterocycles. The first-order chi connectivity index (χ1) is 6.79. The molecule has 0 aliphatic carbocycles. The van der Waals surface area contributed by atoms with Crippen LogP contribution in [0.2, 0.25) is 0 Å². The van der Waals surface area contributed by atoms with E-state index in [1.54, 1.807) is 0 Å². The summed E-state index contributed by atoms with van der Waals surface area (Å²) in [5, 5.41) is 5.54. The first kappa shape index (κ1) is 9.21. The number of benzene rings is 1. The van der Waals surface area contributed by atoms with Crippen LogP contribution in [-0.4, -0.2) is 16.3 Å². The number of aryl methyl sites for hydroxylation is 2. The van der Waals surface area contributed by atoms with Crippen molar-refractivity contribution in [1.82, 2.24) is 9.78 Å². The van der Waals surface area contributed by atoms with Crippen LogP contribution < -0.4 is 5.73 Å². The lowest BCUT2D eigenvalue weighted by Gasteiger charge is -1.98. The molecule has 3 nitrogen and oxygen atoms in total. The highest BCUT2D eigenvalue weighted by molar-refractivity contribution is 5.78. The van der Waals surface area contributed by atoms with Gasteiger partial charge in [0, 0.05) is 18.6 Å². The second-order valence-corrected chi connectivity index (χ2v) is 3.59. The van der Waals surface area contributed by atoms with Crippen molar-refractivity contribution in [2.45, 2.75) is 12.8 Å². The van der Waals surface area contributed by atoms with Crippen molar-refractivity contribution < 1.29 is 0 Å². The molecule has 0 amide bonds. The molecule has 1 heterocycles. The molecule has 0 fully saturated rings. The fraction of sp³-hybridized carbons (Fsp3) is 0.364. The van der Waals surface area contributed by atoms with Gasteiger partial charge in [-0.2, -0.15) is 5.10 Å². The summed E-state index contributed by atoms with van der Waals surface area (Å²) < 4.78 is 1.84. The maximum Gasteiger partial charge on any atom is 0.0923 e. The van der Waals surface area contributed by atoms with Crippen molar-refractivity contribution in [3.63, 3.8) is 0 Å². The normalized spacial score (nSPS) is 11.0. The summed E-state index contributed by atoms with van der Waals surface area (Å²) in [7, 11) is 1.94. The molecule has 2 rings (SSSR count). The zero-order valence-electron chi connectivity index (χ0n) is 8.40. The highest BCUT2D eigenvalue weighted by Gasteiger charge is 1.99. The van der Waals surface area contributed by atoms with E-state index in [9.17, 15) is 0 Å². The molecule has 3 heteroatoms. The molecule has 1 aromatic heterocycles. The van der Waals surface area contributed by atoms with E-state index >= 15 is 0 Å². The third-order valence-electron chi connectivity index (χ3n) is 2.35. The molecule has 0 aliphatic rings. The topological polar surface area (TPSA) is 43.8 Å². The van der Waals surface area contributed by atoms with Gasteiger partial charge in [0.05, 0.1) is 5.52 Å². The third kappa shape index (κ3) is 1.77. The molecule has 74 valence electrons. The van der Waals surface area contributed by atoms with Gasteiger partial charge < -0.3 is 5.73 Å². The van der Waals surface area contributed by atoms with Crippen LogP contribution in [-0.2, 0) is 13.5 Å². The third-order valence-corrected chi connectivity index (χ3v) is 2.35. The Labute approximate surface area is 83.5 Å². The predicted molar refractivity (Wildman–Crippen MR) is 58.1 cm³/mol. The van der Waals surface area contributed by atoms with Crippen LogP contribution in [0.5, 0.6) is 0 Å². The van der Waals surface area contributed by atoms with Gasteiger partial charge in [0.2, 0.25) is 0 Å². The van der Waals surface area contributed by atoms with E-state index in [2.05, 4.69) is 23.3 Å². The zero-order chi connectivity index (χ0) is 9.97. The van der Waals surface area contributed by atoms with Gasteiger partial charge in [-0.05, 0) is 37.1 Å². The fourth-order valence-corrected chi connectivity index (χ4v) is 1.66. The number of nitrogens with zero attached hydrogens (tertiary/aromatic N) is 2. The molecule has 2 N–H and O–H groups in total. The minimum absolute atomic E-state index is 0.755. The van der Waals surface area contributed by atoms with Crippen molar-refractivity contribution in [2.24, 2.45) is 12.8 Å². The van der Waals surface area contributed by atoms with Crippen molar-refractivity contribution in [1.29, 1.82) is 0 Å². The summed E-state index contributed by atoms with van der Waals surface area (Å²) in [6.45, 7) is 0.755.